The number of benzene rings is 2. The van der Waals surface area contributed by atoms with Gasteiger partial charge in [-0.05, 0) is 67.8 Å². The molecule has 0 aromatic heterocycles. The van der Waals surface area contributed by atoms with Crippen LogP contribution in [0.5, 0.6) is 0 Å². The first kappa shape index (κ1) is 19.8. The highest BCUT2D eigenvalue weighted by atomic mass is 32.2. The van der Waals surface area contributed by atoms with E-state index in [0.29, 0.717) is 13.1 Å². The molecule has 0 unspecified atom stereocenters. The van der Waals surface area contributed by atoms with Gasteiger partial charge in [0.25, 0.3) is 10.0 Å². The predicted octanol–water partition coefficient (Wildman–Crippen LogP) is 3.11. The summed E-state index contributed by atoms with van der Waals surface area (Å²) in [5.74, 6) is -0.515. The summed E-state index contributed by atoms with van der Waals surface area (Å²) in [7, 11) is -7.48. The molecule has 0 atom stereocenters. The van der Waals surface area contributed by atoms with Gasteiger partial charge in [0.2, 0.25) is 10.0 Å². The molecule has 1 aliphatic heterocycles. The second-order valence-electron chi connectivity index (χ2n) is 6.50. The molecular formula is C18H21FN2O4S2. The summed E-state index contributed by atoms with van der Waals surface area (Å²) < 4.78 is 67.3. The lowest BCUT2D eigenvalue weighted by molar-refractivity contribution is 0.346. The number of piperidine rings is 1. The van der Waals surface area contributed by atoms with E-state index in [1.54, 1.807) is 0 Å². The Morgan fingerprint density at radius 3 is 2.15 bits per heavy atom. The van der Waals surface area contributed by atoms with Crippen LogP contribution in [0.15, 0.2) is 52.3 Å². The molecule has 1 aliphatic rings. The number of rotatable bonds is 5. The van der Waals surface area contributed by atoms with Crippen molar-refractivity contribution in [3.05, 3.63) is 53.8 Å². The van der Waals surface area contributed by atoms with Crippen molar-refractivity contribution in [2.24, 2.45) is 0 Å². The molecule has 146 valence electrons. The van der Waals surface area contributed by atoms with Crippen LogP contribution in [-0.4, -0.2) is 34.2 Å². The summed E-state index contributed by atoms with van der Waals surface area (Å²) in [5.41, 5.74) is 0.517. The van der Waals surface area contributed by atoms with Crippen LogP contribution in [0.25, 0.3) is 0 Å². The van der Waals surface area contributed by atoms with E-state index in [2.05, 4.69) is 4.72 Å². The summed E-state index contributed by atoms with van der Waals surface area (Å²) in [6.07, 6.45) is 2.71. The molecule has 0 spiro atoms. The molecule has 1 saturated heterocycles. The van der Waals surface area contributed by atoms with E-state index in [1.165, 1.54) is 41.6 Å². The SMILES string of the molecule is Cc1cc(F)ccc1S(=O)(=O)Nc1ccc(S(=O)(=O)N2CCCCC2)cc1. The molecule has 2 aromatic carbocycles. The largest absolute Gasteiger partial charge is 0.280 e. The molecule has 9 heteroatoms. The summed E-state index contributed by atoms with van der Waals surface area (Å²) in [6.45, 7) is 2.51. The minimum Gasteiger partial charge on any atom is -0.280 e. The maximum Gasteiger partial charge on any atom is 0.262 e. The predicted molar refractivity (Wildman–Crippen MR) is 101 cm³/mol. The van der Waals surface area contributed by atoms with Crippen LogP contribution in [0.1, 0.15) is 24.8 Å². The van der Waals surface area contributed by atoms with Crippen molar-refractivity contribution < 1.29 is 21.2 Å². The molecule has 6 nitrogen and oxygen atoms in total. The smallest absolute Gasteiger partial charge is 0.262 e. The maximum atomic E-state index is 13.2. The molecule has 0 aliphatic carbocycles. The number of hydrogen-bond donors (Lipinski definition) is 1. The van der Waals surface area contributed by atoms with Gasteiger partial charge < -0.3 is 0 Å². The van der Waals surface area contributed by atoms with E-state index in [1.807, 2.05) is 0 Å². The Kier molecular flexibility index (Phi) is 5.55. The Morgan fingerprint density at radius 1 is 0.926 bits per heavy atom. The molecule has 1 fully saturated rings. The minimum atomic E-state index is -3.91. The van der Waals surface area contributed by atoms with E-state index in [4.69, 9.17) is 0 Å². The van der Waals surface area contributed by atoms with Gasteiger partial charge in [-0.25, -0.2) is 21.2 Å². The molecule has 0 bridgehead atoms. The first-order chi connectivity index (χ1) is 12.7. The van der Waals surface area contributed by atoms with Crippen LogP contribution in [0.4, 0.5) is 10.1 Å². The molecule has 1 heterocycles. The van der Waals surface area contributed by atoms with Crippen molar-refractivity contribution in [3.8, 4) is 0 Å². The molecular weight excluding hydrogens is 391 g/mol. The standard InChI is InChI=1S/C18H21FN2O4S2/c1-14-13-15(19)5-10-18(14)26(22,23)20-16-6-8-17(9-7-16)27(24,25)21-11-3-2-4-12-21/h5-10,13,20H,2-4,11-12H2,1H3. The molecule has 27 heavy (non-hydrogen) atoms. The number of halogens is 1. The van der Waals surface area contributed by atoms with Crippen molar-refractivity contribution in [1.82, 2.24) is 4.31 Å². The minimum absolute atomic E-state index is 0.0334. The lowest BCUT2D eigenvalue weighted by atomic mass is 10.2. The van der Waals surface area contributed by atoms with Crippen LogP contribution < -0.4 is 4.72 Å². The number of anilines is 1. The second kappa shape index (κ2) is 7.57. The van der Waals surface area contributed by atoms with Gasteiger partial charge in [-0.2, -0.15) is 4.31 Å². The van der Waals surface area contributed by atoms with E-state index in [-0.39, 0.29) is 21.0 Å². The fraction of sp³-hybridized carbons (Fsp3) is 0.333. The first-order valence-electron chi connectivity index (χ1n) is 8.59. The number of hydrogen-bond acceptors (Lipinski definition) is 4. The Labute approximate surface area is 159 Å². The summed E-state index contributed by atoms with van der Waals surface area (Å²) in [4.78, 5) is 0.0965. The fourth-order valence-electron chi connectivity index (χ4n) is 3.07. The van der Waals surface area contributed by atoms with Gasteiger partial charge in [-0.15, -0.1) is 0 Å². The highest BCUT2D eigenvalue weighted by molar-refractivity contribution is 7.92. The maximum absolute atomic E-state index is 13.2. The van der Waals surface area contributed by atoms with Crippen LogP contribution in [-0.2, 0) is 20.0 Å². The zero-order valence-corrected chi connectivity index (χ0v) is 16.5. The Balaban J connectivity index is 1.81. The van der Waals surface area contributed by atoms with Crippen molar-refractivity contribution in [2.75, 3.05) is 17.8 Å². The number of nitrogens with one attached hydrogen (secondary N) is 1. The third-order valence-corrected chi connectivity index (χ3v) is 7.94. The zero-order chi connectivity index (χ0) is 19.7. The second-order valence-corrected chi connectivity index (χ2v) is 10.1. The summed E-state index contributed by atoms with van der Waals surface area (Å²) >= 11 is 0. The van der Waals surface area contributed by atoms with Gasteiger partial charge in [0.15, 0.2) is 0 Å². The van der Waals surface area contributed by atoms with E-state index in [0.717, 1.165) is 31.4 Å². The van der Waals surface area contributed by atoms with E-state index in [9.17, 15) is 21.2 Å². The van der Waals surface area contributed by atoms with Crippen LogP contribution in [0, 0.1) is 12.7 Å². The third kappa shape index (κ3) is 4.31. The van der Waals surface area contributed by atoms with Gasteiger partial charge in [0.1, 0.15) is 5.82 Å². The van der Waals surface area contributed by atoms with Gasteiger partial charge in [0.05, 0.1) is 9.79 Å². The Bertz CT molecular complexity index is 1030. The first-order valence-corrected chi connectivity index (χ1v) is 11.5. The van der Waals surface area contributed by atoms with Crippen molar-refractivity contribution in [2.45, 2.75) is 36.0 Å². The van der Waals surface area contributed by atoms with Gasteiger partial charge >= 0.3 is 0 Å². The van der Waals surface area contributed by atoms with Crippen LogP contribution in [0.3, 0.4) is 0 Å². The van der Waals surface area contributed by atoms with Crippen LogP contribution >= 0.6 is 0 Å². The number of aryl methyl sites for hydroxylation is 1. The number of sulfonamides is 2. The molecule has 0 amide bonds. The Hall–Kier alpha value is -1.97. The van der Waals surface area contributed by atoms with Gasteiger partial charge in [-0.3, -0.25) is 4.72 Å². The normalized spacial score (nSPS) is 16.2. The average Bonchev–Trinajstić information content (AvgIpc) is 2.62. The molecule has 2 aromatic rings. The quantitative estimate of drug-likeness (QED) is 0.818. The van der Waals surface area contributed by atoms with Crippen molar-refractivity contribution in [3.63, 3.8) is 0 Å². The highest BCUT2D eigenvalue weighted by Crippen LogP contribution is 2.24. The fourth-order valence-corrected chi connectivity index (χ4v) is 5.88. The van der Waals surface area contributed by atoms with Crippen molar-refractivity contribution in [1.29, 1.82) is 0 Å². The highest BCUT2D eigenvalue weighted by Gasteiger charge is 2.26. The van der Waals surface area contributed by atoms with Crippen LogP contribution in [0.2, 0.25) is 0 Å². The molecule has 1 N–H and O–H groups in total. The molecule has 3 rings (SSSR count). The summed E-state index contributed by atoms with van der Waals surface area (Å²) in [5, 5.41) is 0. The Morgan fingerprint density at radius 2 is 1.56 bits per heavy atom. The topological polar surface area (TPSA) is 83.5 Å². The monoisotopic (exact) mass is 412 g/mol. The molecule has 0 saturated carbocycles. The van der Waals surface area contributed by atoms with E-state index >= 15 is 0 Å². The average molecular weight is 413 g/mol. The summed E-state index contributed by atoms with van der Waals surface area (Å²) in [6, 6.07) is 9.01. The number of nitrogens with zero attached hydrogens (tertiary/aromatic N) is 1. The van der Waals surface area contributed by atoms with Gasteiger partial charge in [0, 0.05) is 18.8 Å². The molecule has 0 radical (unpaired) electrons. The van der Waals surface area contributed by atoms with E-state index < -0.39 is 25.9 Å². The van der Waals surface area contributed by atoms with Gasteiger partial charge in [-0.1, -0.05) is 6.42 Å². The lowest BCUT2D eigenvalue weighted by Crippen LogP contribution is -2.35. The zero-order valence-electron chi connectivity index (χ0n) is 14.9. The lowest BCUT2D eigenvalue weighted by Gasteiger charge is -2.25. The third-order valence-electron chi connectivity index (χ3n) is 4.49. The van der Waals surface area contributed by atoms with Crippen molar-refractivity contribution >= 4 is 25.7 Å².